The molecule has 0 spiro atoms. The molecule has 1 amide bonds. The lowest BCUT2D eigenvalue weighted by Gasteiger charge is -2.19. The minimum absolute atomic E-state index is 0.0526. The number of nitrogens with zero attached hydrogens (tertiary/aromatic N) is 1. The average molecular weight is 466 g/mol. The van der Waals surface area contributed by atoms with Gasteiger partial charge >= 0.3 is 6.18 Å². The van der Waals surface area contributed by atoms with Crippen LogP contribution >= 0.6 is 0 Å². The second kappa shape index (κ2) is 8.99. The van der Waals surface area contributed by atoms with E-state index in [0.29, 0.717) is 11.8 Å². The van der Waals surface area contributed by atoms with E-state index in [1.807, 2.05) is 0 Å². The van der Waals surface area contributed by atoms with E-state index in [9.17, 15) is 30.8 Å². The molecule has 1 N–H and O–H groups in total. The third-order valence-electron chi connectivity index (χ3n) is 4.69. The van der Waals surface area contributed by atoms with Crippen LogP contribution in [0.15, 0.2) is 77.7 Å². The molecule has 0 atom stereocenters. The quantitative estimate of drug-likeness (QED) is 0.540. The molecule has 168 valence electrons. The number of halogens is 4. The number of carbonyl (C=O) groups excluding carboxylic acids is 1. The van der Waals surface area contributed by atoms with Gasteiger partial charge in [0.25, 0.3) is 15.9 Å². The Morgan fingerprint density at radius 1 is 0.969 bits per heavy atom. The number of anilines is 1. The fourth-order valence-electron chi connectivity index (χ4n) is 2.98. The number of para-hydroxylation sites is 1. The maximum atomic E-state index is 13.2. The van der Waals surface area contributed by atoms with Crippen molar-refractivity contribution in [2.75, 3.05) is 11.4 Å². The first-order valence-electron chi connectivity index (χ1n) is 9.28. The van der Waals surface area contributed by atoms with Crippen LogP contribution in [0, 0.1) is 5.82 Å². The molecule has 0 radical (unpaired) electrons. The highest BCUT2D eigenvalue weighted by Crippen LogP contribution is 2.32. The lowest BCUT2D eigenvalue weighted by Crippen LogP contribution is -2.28. The van der Waals surface area contributed by atoms with Crippen molar-refractivity contribution in [3.05, 3.63) is 95.3 Å². The Kier molecular flexibility index (Phi) is 6.54. The van der Waals surface area contributed by atoms with E-state index < -0.39 is 40.0 Å². The smallest absolute Gasteiger partial charge is 0.348 e. The minimum atomic E-state index is -4.79. The van der Waals surface area contributed by atoms with Crippen LogP contribution in [-0.2, 0) is 22.7 Å². The summed E-state index contributed by atoms with van der Waals surface area (Å²) in [6.45, 7) is -0.519. The van der Waals surface area contributed by atoms with Crippen LogP contribution in [0.1, 0.15) is 21.5 Å². The van der Waals surface area contributed by atoms with Crippen molar-refractivity contribution >= 4 is 21.6 Å². The number of carbonyl (C=O) groups is 1. The van der Waals surface area contributed by atoms with E-state index in [2.05, 4.69) is 5.32 Å². The van der Waals surface area contributed by atoms with Crippen LogP contribution in [-0.4, -0.2) is 21.4 Å². The fraction of sp³-hybridized carbons (Fsp3) is 0.136. The molecular formula is C22H18F4N2O3S. The molecule has 3 rings (SSSR count). The van der Waals surface area contributed by atoms with Gasteiger partial charge in [0.2, 0.25) is 0 Å². The van der Waals surface area contributed by atoms with Crippen LogP contribution < -0.4 is 9.62 Å². The summed E-state index contributed by atoms with van der Waals surface area (Å²) in [5.41, 5.74) is -1.15. The number of sulfonamides is 1. The molecule has 32 heavy (non-hydrogen) atoms. The number of nitrogens with one attached hydrogen (secondary N) is 1. The highest BCUT2D eigenvalue weighted by atomic mass is 32.2. The Balaban J connectivity index is 1.81. The molecule has 0 heterocycles. The SMILES string of the molecule is CN(c1ccccc1)S(=O)(=O)c1cccc(C(=O)NCc2ccc(F)cc2C(F)(F)F)c1. The predicted molar refractivity (Wildman–Crippen MR) is 111 cm³/mol. The topological polar surface area (TPSA) is 66.5 Å². The molecular weight excluding hydrogens is 448 g/mol. The summed E-state index contributed by atoms with van der Waals surface area (Å²) in [6, 6.07) is 15.6. The van der Waals surface area contributed by atoms with Crippen molar-refractivity contribution in [3.63, 3.8) is 0 Å². The van der Waals surface area contributed by atoms with Crippen LogP contribution in [0.2, 0.25) is 0 Å². The zero-order chi connectivity index (χ0) is 23.5. The average Bonchev–Trinajstić information content (AvgIpc) is 2.77. The van der Waals surface area contributed by atoms with E-state index >= 15 is 0 Å². The molecule has 0 aliphatic rings. The second-order valence-corrected chi connectivity index (χ2v) is 8.79. The van der Waals surface area contributed by atoms with Gasteiger partial charge in [-0.2, -0.15) is 13.2 Å². The number of rotatable bonds is 6. The van der Waals surface area contributed by atoms with Crippen molar-refractivity contribution in [1.29, 1.82) is 0 Å². The van der Waals surface area contributed by atoms with Crippen LogP contribution in [0.3, 0.4) is 0 Å². The van der Waals surface area contributed by atoms with E-state index in [0.717, 1.165) is 22.5 Å². The number of alkyl halides is 3. The van der Waals surface area contributed by atoms with Gasteiger partial charge in [-0.15, -0.1) is 0 Å². The van der Waals surface area contributed by atoms with E-state index in [1.54, 1.807) is 30.3 Å². The van der Waals surface area contributed by atoms with Crippen molar-refractivity contribution < 1.29 is 30.8 Å². The van der Waals surface area contributed by atoms with Crippen LogP contribution in [0.4, 0.5) is 23.2 Å². The molecule has 0 saturated heterocycles. The van der Waals surface area contributed by atoms with Gasteiger partial charge in [0.1, 0.15) is 5.82 Å². The zero-order valence-corrected chi connectivity index (χ0v) is 17.5. The fourth-order valence-corrected chi connectivity index (χ4v) is 4.22. The highest BCUT2D eigenvalue weighted by Gasteiger charge is 2.33. The molecule has 0 aliphatic carbocycles. The normalized spacial score (nSPS) is 11.8. The number of benzene rings is 3. The minimum Gasteiger partial charge on any atom is -0.348 e. The van der Waals surface area contributed by atoms with Gasteiger partial charge in [-0.1, -0.05) is 30.3 Å². The van der Waals surface area contributed by atoms with Crippen molar-refractivity contribution in [1.82, 2.24) is 5.32 Å². The first kappa shape index (κ1) is 23.3. The van der Waals surface area contributed by atoms with Gasteiger partial charge in [0.05, 0.1) is 16.1 Å². The van der Waals surface area contributed by atoms with Gasteiger partial charge < -0.3 is 5.32 Å². The number of hydrogen-bond donors (Lipinski definition) is 1. The Morgan fingerprint density at radius 2 is 1.66 bits per heavy atom. The molecule has 0 unspecified atom stereocenters. The van der Waals surface area contributed by atoms with E-state index in [-0.39, 0.29) is 16.0 Å². The summed E-state index contributed by atoms with van der Waals surface area (Å²) in [6.07, 6.45) is -4.79. The highest BCUT2D eigenvalue weighted by molar-refractivity contribution is 7.92. The second-order valence-electron chi connectivity index (χ2n) is 6.82. The molecule has 5 nitrogen and oxygen atoms in total. The summed E-state index contributed by atoms with van der Waals surface area (Å²) >= 11 is 0. The summed E-state index contributed by atoms with van der Waals surface area (Å²) in [4.78, 5) is 12.3. The summed E-state index contributed by atoms with van der Waals surface area (Å²) in [5.74, 6) is -1.82. The third-order valence-corrected chi connectivity index (χ3v) is 6.47. The van der Waals surface area contributed by atoms with Gasteiger partial charge in [0.15, 0.2) is 0 Å². The largest absolute Gasteiger partial charge is 0.416 e. The lowest BCUT2D eigenvalue weighted by molar-refractivity contribution is -0.138. The van der Waals surface area contributed by atoms with Gasteiger partial charge in [-0.25, -0.2) is 12.8 Å². The molecule has 3 aromatic rings. The molecule has 10 heteroatoms. The Hall–Kier alpha value is -3.40. The van der Waals surface area contributed by atoms with Crippen molar-refractivity contribution in [3.8, 4) is 0 Å². The van der Waals surface area contributed by atoms with E-state index in [4.69, 9.17) is 0 Å². The molecule has 3 aromatic carbocycles. The van der Waals surface area contributed by atoms with Crippen LogP contribution in [0.25, 0.3) is 0 Å². The Bertz CT molecular complexity index is 1230. The van der Waals surface area contributed by atoms with E-state index in [1.165, 1.54) is 25.2 Å². The first-order chi connectivity index (χ1) is 15.0. The van der Waals surface area contributed by atoms with Gasteiger partial charge in [-0.3, -0.25) is 9.10 Å². The van der Waals surface area contributed by atoms with Crippen LogP contribution in [0.5, 0.6) is 0 Å². The maximum absolute atomic E-state index is 13.2. The molecule has 0 fully saturated rings. The summed E-state index contributed by atoms with van der Waals surface area (Å²) < 4.78 is 79.5. The molecule has 0 saturated carbocycles. The Labute approximate surface area is 182 Å². The lowest BCUT2D eigenvalue weighted by atomic mass is 10.1. The number of amides is 1. The number of hydrogen-bond acceptors (Lipinski definition) is 3. The first-order valence-corrected chi connectivity index (χ1v) is 10.7. The monoisotopic (exact) mass is 466 g/mol. The van der Waals surface area contributed by atoms with Crippen molar-refractivity contribution in [2.45, 2.75) is 17.6 Å². The van der Waals surface area contributed by atoms with Gasteiger partial charge in [0, 0.05) is 19.2 Å². The summed E-state index contributed by atoms with van der Waals surface area (Å²) in [5, 5.41) is 2.32. The molecule has 0 aliphatic heterocycles. The molecule has 0 bridgehead atoms. The summed E-state index contributed by atoms with van der Waals surface area (Å²) in [7, 11) is -2.62. The van der Waals surface area contributed by atoms with Crippen molar-refractivity contribution in [2.24, 2.45) is 0 Å². The molecule has 0 aromatic heterocycles. The van der Waals surface area contributed by atoms with Gasteiger partial charge in [-0.05, 0) is 48.0 Å². The zero-order valence-electron chi connectivity index (χ0n) is 16.7. The third kappa shape index (κ3) is 5.08. The predicted octanol–water partition coefficient (Wildman–Crippen LogP) is 4.60. The standard InChI is InChI=1S/C22H18F4N2O3S/c1-28(18-7-3-2-4-8-18)32(30,31)19-9-5-6-15(12-19)21(29)27-14-16-10-11-17(23)13-20(16)22(24,25)26/h2-13H,14H2,1H3,(H,27,29). The Morgan fingerprint density at radius 3 is 2.31 bits per heavy atom. The maximum Gasteiger partial charge on any atom is 0.416 e.